The van der Waals surface area contributed by atoms with Crippen LogP contribution in [0.1, 0.15) is 53.3 Å². The molecule has 0 spiro atoms. The second kappa shape index (κ2) is 12.4. The van der Waals surface area contributed by atoms with Gasteiger partial charge in [0.25, 0.3) is 0 Å². The number of nitrogens with one attached hydrogen (secondary N) is 1. The first-order chi connectivity index (χ1) is 18.0. The molecule has 192 valence electrons. The monoisotopic (exact) mass is 518 g/mol. The first-order valence-electron chi connectivity index (χ1n) is 12.4. The molecular formula is C28H30N4O4S. The molecule has 0 fully saturated rings. The van der Waals surface area contributed by atoms with Crippen molar-refractivity contribution in [3.63, 3.8) is 0 Å². The molecule has 3 aromatic rings. The number of thiophene rings is 1. The van der Waals surface area contributed by atoms with Gasteiger partial charge in [0.2, 0.25) is 5.91 Å². The Balaban J connectivity index is 1.36. The van der Waals surface area contributed by atoms with E-state index in [2.05, 4.69) is 16.4 Å². The number of nitrogens with zero attached hydrogens (tertiary/aromatic N) is 3. The lowest BCUT2D eigenvalue weighted by molar-refractivity contribution is -0.116. The molecule has 3 heterocycles. The first kappa shape index (κ1) is 26.2. The van der Waals surface area contributed by atoms with Crippen LogP contribution >= 0.6 is 11.3 Å². The summed E-state index contributed by atoms with van der Waals surface area (Å²) in [5.41, 5.74) is 3.42. The van der Waals surface area contributed by atoms with Gasteiger partial charge in [-0.3, -0.25) is 9.78 Å². The number of benzene rings is 1. The maximum atomic E-state index is 12.9. The quantitative estimate of drug-likeness (QED) is 0.413. The number of pyridine rings is 1. The third kappa shape index (κ3) is 6.46. The minimum Gasteiger partial charge on any atom is -0.494 e. The van der Waals surface area contributed by atoms with E-state index in [1.807, 2.05) is 50.2 Å². The van der Waals surface area contributed by atoms with Crippen LogP contribution in [0.3, 0.4) is 0 Å². The van der Waals surface area contributed by atoms with Crippen LogP contribution in [0.5, 0.6) is 5.75 Å². The third-order valence-electron chi connectivity index (χ3n) is 6.29. The molecule has 0 saturated carbocycles. The minimum atomic E-state index is -0.376. The Labute approximate surface area is 220 Å². The van der Waals surface area contributed by atoms with E-state index in [0.717, 1.165) is 27.3 Å². The highest BCUT2D eigenvalue weighted by molar-refractivity contribution is 7.16. The van der Waals surface area contributed by atoms with Crippen molar-refractivity contribution in [1.82, 2.24) is 9.88 Å². The summed E-state index contributed by atoms with van der Waals surface area (Å²) < 4.78 is 11.2. The maximum absolute atomic E-state index is 12.9. The maximum Gasteiger partial charge on any atom is 0.410 e. The number of rotatable bonds is 9. The molecule has 2 aromatic heterocycles. The summed E-state index contributed by atoms with van der Waals surface area (Å²) in [5, 5.41) is 13.3. The van der Waals surface area contributed by atoms with E-state index >= 15 is 0 Å². The van der Waals surface area contributed by atoms with Crippen molar-refractivity contribution in [2.45, 2.75) is 45.6 Å². The Bertz CT molecular complexity index is 1290. The van der Waals surface area contributed by atoms with Gasteiger partial charge < -0.3 is 19.7 Å². The average molecular weight is 519 g/mol. The van der Waals surface area contributed by atoms with Gasteiger partial charge in [0.1, 0.15) is 16.8 Å². The lowest BCUT2D eigenvalue weighted by atomic mass is 9.96. The van der Waals surface area contributed by atoms with Gasteiger partial charge in [-0.25, -0.2) is 4.79 Å². The molecule has 8 nitrogen and oxygen atoms in total. The van der Waals surface area contributed by atoms with Gasteiger partial charge in [-0.05, 0) is 54.2 Å². The second-order valence-electron chi connectivity index (χ2n) is 8.84. The summed E-state index contributed by atoms with van der Waals surface area (Å²) in [6.07, 6.45) is 4.47. The van der Waals surface area contributed by atoms with Crippen LogP contribution < -0.4 is 10.1 Å². The molecule has 0 aliphatic carbocycles. The largest absolute Gasteiger partial charge is 0.494 e. The number of aromatic nitrogens is 1. The summed E-state index contributed by atoms with van der Waals surface area (Å²) >= 11 is 1.36. The third-order valence-corrected chi connectivity index (χ3v) is 7.42. The number of anilines is 1. The Hall–Kier alpha value is -3.90. The van der Waals surface area contributed by atoms with Crippen LogP contribution in [0.4, 0.5) is 9.80 Å². The lowest BCUT2D eigenvalue weighted by Gasteiger charge is -2.26. The molecule has 1 N–H and O–H groups in total. The van der Waals surface area contributed by atoms with E-state index in [4.69, 9.17) is 9.47 Å². The van der Waals surface area contributed by atoms with Crippen molar-refractivity contribution in [2.24, 2.45) is 0 Å². The lowest BCUT2D eigenvalue weighted by Crippen LogP contribution is -2.36. The molecule has 0 unspecified atom stereocenters. The Morgan fingerprint density at radius 2 is 2.03 bits per heavy atom. The summed E-state index contributed by atoms with van der Waals surface area (Å²) in [5.74, 6) is 0.559. The average Bonchev–Trinajstić information content (AvgIpc) is 3.25. The van der Waals surface area contributed by atoms with Crippen molar-refractivity contribution in [2.75, 3.05) is 25.1 Å². The van der Waals surface area contributed by atoms with E-state index in [0.29, 0.717) is 43.1 Å². The summed E-state index contributed by atoms with van der Waals surface area (Å²) in [4.78, 5) is 32.1. The van der Waals surface area contributed by atoms with E-state index in [1.165, 1.54) is 11.3 Å². The summed E-state index contributed by atoms with van der Waals surface area (Å²) in [6.45, 7) is 5.57. The topological polar surface area (TPSA) is 105 Å². The van der Waals surface area contributed by atoms with Crippen LogP contribution in [-0.4, -0.2) is 41.6 Å². The molecule has 0 saturated heterocycles. The number of hydrogen-bond acceptors (Lipinski definition) is 7. The number of amides is 2. The molecule has 1 aliphatic rings. The predicted molar refractivity (Wildman–Crippen MR) is 142 cm³/mol. The molecule has 37 heavy (non-hydrogen) atoms. The first-order valence-corrected chi connectivity index (χ1v) is 13.2. The van der Waals surface area contributed by atoms with Gasteiger partial charge in [-0.1, -0.05) is 25.1 Å². The molecule has 2 amide bonds. The predicted octanol–water partition coefficient (Wildman–Crippen LogP) is 5.28. The Morgan fingerprint density at radius 1 is 1.24 bits per heavy atom. The van der Waals surface area contributed by atoms with E-state index < -0.39 is 0 Å². The van der Waals surface area contributed by atoms with E-state index in [9.17, 15) is 14.9 Å². The van der Waals surface area contributed by atoms with Gasteiger partial charge in [0, 0.05) is 36.7 Å². The molecule has 1 atom stereocenters. The number of carbonyl (C=O) groups excluding carboxylic acids is 2. The standard InChI is InChI=1S/C28H30N4O4S/c1-3-35-24-7-5-4-6-21(24)19(2)16-26(33)31-27-23(17-29)22-10-14-32(18-25(22)37-27)28(34)36-15-11-20-8-12-30-13-9-20/h4-9,12-13,19H,3,10-11,14-16,18H2,1-2H3,(H,31,33)/t19-/m0/s1. The molecule has 9 heteroatoms. The fraction of sp³-hybridized carbons (Fsp3) is 0.357. The molecule has 4 rings (SSSR count). The van der Waals surface area contributed by atoms with Crippen molar-refractivity contribution < 1.29 is 19.1 Å². The fourth-order valence-electron chi connectivity index (χ4n) is 4.40. The van der Waals surface area contributed by atoms with Crippen LogP contribution in [0.15, 0.2) is 48.8 Å². The molecular weight excluding hydrogens is 488 g/mol. The number of carbonyl (C=O) groups is 2. The van der Waals surface area contributed by atoms with Gasteiger partial charge >= 0.3 is 6.09 Å². The van der Waals surface area contributed by atoms with Crippen molar-refractivity contribution in [3.8, 4) is 11.8 Å². The normalized spacial score (nSPS) is 13.3. The molecule has 0 bridgehead atoms. The van der Waals surface area contributed by atoms with Gasteiger partial charge in [0.15, 0.2) is 0 Å². The van der Waals surface area contributed by atoms with E-state index in [-0.39, 0.29) is 30.9 Å². The zero-order valence-corrected chi connectivity index (χ0v) is 21.8. The number of nitriles is 1. The van der Waals surface area contributed by atoms with Crippen molar-refractivity contribution in [3.05, 3.63) is 75.9 Å². The number of hydrogen-bond donors (Lipinski definition) is 1. The number of para-hydroxylation sites is 1. The SMILES string of the molecule is CCOc1ccccc1[C@@H](C)CC(=O)Nc1sc2c(c1C#N)CCN(C(=O)OCCc1ccncc1)C2. The minimum absolute atomic E-state index is 0.0553. The molecule has 1 aliphatic heterocycles. The molecule has 0 radical (unpaired) electrons. The van der Waals surface area contributed by atoms with Crippen LogP contribution in [0.2, 0.25) is 0 Å². The van der Waals surface area contributed by atoms with Crippen LogP contribution in [-0.2, 0) is 28.9 Å². The van der Waals surface area contributed by atoms with Gasteiger partial charge in [-0.15, -0.1) is 11.3 Å². The van der Waals surface area contributed by atoms with E-state index in [1.54, 1.807) is 17.3 Å². The summed E-state index contributed by atoms with van der Waals surface area (Å²) in [7, 11) is 0. The van der Waals surface area contributed by atoms with Crippen molar-refractivity contribution >= 4 is 28.3 Å². The highest BCUT2D eigenvalue weighted by Crippen LogP contribution is 2.37. The number of fused-ring (bicyclic) bond motifs is 1. The molecule has 1 aromatic carbocycles. The smallest absolute Gasteiger partial charge is 0.410 e. The van der Waals surface area contributed by atoms with Gasteiger partial charge in [-0.2, -0.15) is 5.26 Å². The second-order valence-corrected chi connectivity index (χ2v) is 9.94. The zero-order valence-electron chi connectivity index (χ0n) is 21.0. The highest BCUT2D eigenvalue weighted by atomic mass is 32.1. The zero-order chi connectivity index (χ0) is 26.2. The number of ether oxygens (including phenoxy) is 2. The van der Waals surface area contributed by atoms with Crippen LogP contribution in [0, 0.1) is 11.3 Å². The Morgan fingerprint density at radius 3 is 2.78 bits per heavy atom. The summed E-state index contributed by atoms with van der Waals surface area (Å²) in [6, 6.07) is 13.8. The highest BCUT2D eigenvalue weighted by Gasteiger charge is 2.28. The van der Waals surface area contributed by atoms with Crippen molar-refractivity contribution in [1.29, 1.82) is 5.26 Å². The van der Waals surface area contributed by atoms with Crippen LogP contribution in [0.25, 0.3) is 0 Å². The Kier molecular flexibility index (Phi) is 8.75. The van der Waals surface area contributed by atoms with Gasteiger partial charge in [0.05, 0.1) is 25.3 Å². The fourth-order valence-corrected chi connectivity index (χ4v) is 5.63.